The van der Waals surface area contributed by atoms with Gasteiger partial charge in [-0.15, -0.1) is 0 Å². The summed E-state index contributed by atoms with van der Waals surface area (Å²) in [6, 6.07) is 5.31. The summed E-state index contributed by atoms with van der Waals surface area (Å²) in [5, 5.41) is 8.20. The average Bonchev–Trinajstić information content (AvgIpc) is 2.49. The lowest BCUT2D eigenvalue weighted by atomic mass is 10.1. The molecule has 122 valence electrons. The van der Waals surface area contributed by atoms with Crippen LogP contribution in [-0.2, 0) is 6.42 Å². The fourth-order valence-corrected chi connectivity index (χ4v) is 2.61. The van der Waals surface area contributed by atoms with E-state index in [0.29, 0.717) is 23.8 Å². The van der Waals surface area contributed by atoms with E-state index in [1.807, 2.05) is 32.9 Å². The molecule has 1 rings (SSSR count). The number of carbonyl (C=O) groups is 1. The number of urea groups is 1. The predicted molar refractivity (Wildman–Crippen MR) is 92.8 cm³/mol. The van der Waals surface area contributed by atoms with Gasteiger partial charge in [0.05, 0.1) is 10.7 Å². The Kier molecular flexibility index (Phi) is 7.18. The number of nitrogens with zero attached hydrogens (tertiary/aromatic N) is 2. The second-order valence-corrected chi connectivity index (χ2v) is 5.43. The minimum Gasteiger partial charge on any atom is -0.370 e. The molecule has 0 spiro atoms. The van der Waals surface area contributed by atoms with Crippen molar-refractivity contribution in [3.63, 3.8) is 0 Å². The number of hydrogen-bond acceptors (Lipinski definition) is 2. The first-order valence-corrected chi connectivity index (χ1v) is 8.06. The van der Waals surface area contributed by atoms with Crippen molar-refractivity contribution in [3.05, 3.63) is 28.8 Å². The highest BCUT2D eigenvalue weighted by Gasteiger charge is 2.25. The van der Waals surface area contributed by atoms with E-state index in [1.54, 1.807) is 11.0 Å². The molecule has 0 aliphatic carbocycles. The maximum absolute atomic E-state index is 12.8. The molecule has 22 heavy (non-hydrogen) atoms. The van der Waals surface area contributed by atoms with Crippen LogP contribution in [0.1, 0.15) is 39.2 Å². The van der Waals surface area contributed by atoms with Gasteiger partial charge in [0.2, 0.25) is 0 Å². The topological polar surface area (TPSA) is 73.4 Å². The molecular formula is C16H25ClN4O. The van der Waals surface area contributed by atoms with Gasteiger partial charge in [0.25, 0.3) is 0 Å². The van der Waals surface area contributed by atoms with Gasteiger partial charge in [-0.1, -0.05) is 44.0 Å². The molecule has 1 aromatic carbocycles. The molecular weight excluding hydrogens is 300 g/mol. The number of anilines is 1. The van der Waals surface area contributed by atoms with Crippen LogP contribution < -0.4 is 10.6 Å². The van der Waals surface area contributed by atoms with Gasteiger partial charge in [-0.3, -0.25) is 15.2 Å². The van der Waals surface area contributed by atoms with Crippen molar-refractivity contribution < 1.29 is 4.79 Å². The van der Waals surface area contributed by atoms with E-state index in [1.165, 1.54) is 4.90 Å². The fourth-order valence-electron chi connectivity index (χ4n) is 2.32. The number of nitrogens with two attached hydrogens (primary N) is 1. The lowest BCUT2D eigenvalue weighted by Gasteiger charge is -2.30. The van der Waals surface area contributed by atoms with Gasteiger partial charge in [0.15, 0.2) is 5.96 Å². The summed E-state index contributed by atoms with van der Waals surface area (Å²) in [5.41, 5.74) is 7.30. The van der Waals surface area contributed by atoms with Crippen molar-refractivity contribution in [2.45, 2.75) is 40.0 Å². The molecule has 0 bridgehead atoms. The third-order valence-corrected chi connectivity index (χ3v) is 3.83. The van der Waals surface area contributed by atoms with Gasteiger partial charge in [-0.05, 0) is 31.4 Å². The molecule has 0 aliphatic heterocycles. The molecule has 0 atom stereocenters. The van der Waals surface area contributed by atoms with E-state index in [0.717, 1.165) is 24.8 Å². The molecule has 1 aromatic rings. The number of para-hydroxylation sites is 1. The predicted octanol–water partition coefficient (Wildman–Crippen LogP) is 3.84. The summed E-state index contributed by atoms with van der Waals surface area (Å²) >= 11 is 6.32. The molecule has 0 saturated heterocycles. The number of guanidine groups is 1. The maximum Gasteiger partial charge on any atom is 0.331 e. The second-order valence-electron chi connectivity index (χ2n) is 5.02. The van der Waals surface area contributed by atoms with Crippen molar-refractivity contribution in [1.29, 1.82) is 5.41 Å². The van der Waals surface area contributed by atoms with Gasteiger partial charge < -0.3 is 5.73 Å². The van der Waals surface area contributed by atoms with Crippen molar-refractivity contribution in [2.24, 2.45) is 5.73 Å². The van der Waals surface area contributed by atoms with Gasteiger partial charge in [0, 0.05) is 13.1 Å². The number of carbonyl (C=O) groups excluding carboxylic acids is 1. The summed E-state index contributed by atoms with van der Waals surface area (Å²) in [7, 11) is 0. The van der Waals surface area contributed by atoms with E-state index >= 15 is 0 Å². The maximum atomic E-state index is 12.8. The van der Waals surface area contributed by atoms with Crippen LogP contribution in [0.5, 0.6) is 0 Å². The largest absolute Gasteiger partial charge is 0.370 e. The Morgan fingerprint density at radius 1 is 1.32 bits per heavy atom. The number of nitrogens with one attached hydrogen (secondary N) is 1. The lowest BCUT2D eigenvalue weighted by Crippen LogP contribution is -2.49. The van der Waals surface area contributed by atoms with Crippen molar-refractivity contribution >= 4 is 29.3 Å². The van der Waals surface area contributed by atoms with Gasteiger partial charge in [-0.25, -0.2) is 4.79 Å². The fraction of sp³-hybridized carbons (Fsp3) is 0.500. The van der Waals surface area contributed by atoms with Gasteiger partial charge in [-0.2, -0.15) is 0 Å². The molecule has 0 aromatic heterocycles. The van der Waals surface area contributed by atoms with Crippen molar-refractivity contribution in [2.75, 3.05) is 18.0 Å². The molecule has 0 radical (unpaired) electrons. The highest BCUT2D eigenvalue weighted by molar-refractivity contribution is 6.34. The summed E-state index contributed by atoms with van der Waals surface area (Å²) in [4.78, 5) is 15.7. The minimum absolute atomic E-state index is 0.234. The molecule has 0 unspecified atom stereocenters. The standard InChI is InChI=1S/C16H25ClN4O/c1-4-7-11-21(15(18)19)16(22)20(6-3)14-12(5-2)9-8-10-13(14)17/h8-10H,4-7,11H2,1-3H3,(H3,18,19). The smallest absolute Gasteiger partial charge is 0.331 e. The van der Waals surface area contributed by atoms with Crippen molar-refractivity contribution in [1.82, 2.24) is 4.90 Å². The Balaban J connectivity index is 3.19. The molecule has 5 nitrogen and oxygen atoms in total. The van der Waals surface area contributed by atoms with E-state index in [9.17, 15) is 4.79 Å². The van der Waals surface area contributed by atoms with Crippen LogP contribution >= 0.6 is 11.6 Å². The van der Waals surface area contributed by atoms with Gasteiger partial charge in [0.1, 0.15) is 0 Å². The zero-order valence-corrected chi connectivity index (χ0v) is 14.3. The Morgan fingerprint density at radius 3 is 2.50 bits per heavy atom. The minimum atomic E-state index is -0.300. The summed E-state index contributed by atoms with van der Waals surface area (Å²) in [5.74, 6) is -0.234. The monoisotopic (exact) mass is 324 g/mol. The van der Waals surface area contributed by atoms with Gasteiger partial charge >= 0.3 is 6.03 Å². The number of halogens is 1. The van der Waals surface area contributed by atoms with Crippen LogP contribution in [-0.4, -0.2) is 30.0 Å². The molecule has 0 saturated carbocycles. The molecule has 0 fully saturated rings. The first-order valence-electron chi connectivity index (χ1n) is 7.68. The van der Waals surface area contributed by atoms with E-state index in [2.05, 4.69) is 0 Å². The van der Waals surface area contributed by atoms with E-state index < -0.39 is 0 Å². The summed E-state index contributed by atoms with van der Waals surface area (Å²) < 4.78 is 0. The molecule has 0 aliphatic rings. The second kappa shape index (κ2) is 8.63. The molecule has 0 heterocycles. The van der Waals surface area contributed by atoms with Crippen LogP contribution in [0.2, 0.25) is 5.02 Å². The third-order valence-electron chi connectivity index (χ3n) is 3.53. The molecule has 6 heteroatoms. The van der Waals surface area contributed by atoms with Crippen LogP contribution in [0.4, 0.5) is 10.5 Å². The first kappa shape index (κ1) is 18.3. The molecule has 2 amide bonds. The first-order chi connectivity index (χ1) is 10.5. The number of amides is 2. The quantitative estimate of drug-likeness (QED) is 0.616. The number of benzene rings is 1. The van der Waals surface area contributed by atoms with Crippen molar-refractivity contribution in [3.8, 4) is 0 Å². The van der Waals surface area contributed by atoms with Crippen LogP contribution in [0.25, 0.3) is 0 Å². The molecule has 3 N–H and O–H groups in total. The number of rotatable bonds is 6. The zero-order valence-electron chi connectivity index (χ0n) is 13.5. The Morgan fingerprint density at radius 2 is 2.00 bits per heavy atom. The SMILES string of the molecule is CCCCN(C(=N)N)C(=O)N(CC)c1c(Cl)cccc1CC. The number of unbranched alkanes of at least 4 members (excludes halogenated alkanes) is 1. The lowest BCUT2D eigenvalue weighted by molar-refractivity contribution is 0.226. The number of hydrogen-bond donors (Lipinski definition) is 2. The average molecular weight is 325 g/mol. The Bertz CT molecular complexity index is 533. The summed E-state index contributed by atoms with van der Waals surface area (Å²) in [6.45, 7) is 6.84. The highest BCUT2D eigenvalue weighted by atomic mass is 35.5. The zero-order chi connectivity index (χ0) is 16.7. The third kappa shape index (κ3) is 4.13. The summed E-state index contributed by atoms with van der Waals surface area (Å²) in [6.07, 6.45) is 2.50. The van der Waals surface area contributed by atoms with E-state index in [-0.39, 0.29) is 12.0 Å². The Labute approximate surface area is 137 Å². The normalized spacial score (nSPS) is 10.4. The van der Waals surface area contributed by atoms with Crippen LogP contribution in [0, 0.1) is 5.41 Å². The van der Waals surface area contributed by atoms with Crippen LogP contribution in [0.15, 0.2) is 18.2 Å². The van der Waals surface area contributed by atoms with Crippen LogP contribution in [0.3, 0.4) is 0 Å². The number of aryl methyl sites for hydroxylation is 1. The Hall–Kier alpha value is -1.75. The highest BCUT2D eigenvalue weighted by Crippen LogP contribution is 2.31. The van der Waals surface area contributed by atoms with E-state index in [4.69, 9.17) is 22.7 Å².